The molecule has 1 unspecified atom stereocenters. The largest absolute Gasteiger partial charge is 0.490 e. The summed E-state index contributed by atoms with van der Waals surface area (Å²) in [6, 6.07) is 11.3. The fraction of sp³-hybridized carbons (Fsp3) is 0.444. The first-order valence-corrected chi connectivity index (χ1v) is 8.70. The first-order valence-electron chi connectivity index (χ1n) is 7.89. The van der Waals surface area contributed by atoms with E-state index in [0.717, 1.165) is 5.75 Å². The molecule has 1 fully saturated rings. The van der Waals surface area contributed by atoms with Gasteiger partial charge in [-0.25, -0.2) is 0 Å². The fourth-order valence-electron chi connectivity index (χ4n) is 3.11. The Morgan fingerprint density at radius 2 is 2.14 bits per heavy atom. The Morgan fingerprint density at radius 1 is 1.24 bits per heavy atom. The number of benzene rings is 1. The predicted octanol–water partition coefficient (Wildman–Crippen LogP) is 4.09. The van der Waals surface area contributed by atoms with Crippen molar-refractivity contribution in [3.05, 3.63) is 51.2 Å². The van der Waals surface area contributed by atoms with Crippen molar-refractivity contribution >= 4 is 11.3 Å². The maximum atomic E-state index is 5.93. The molecule has 2 aliphatic rings. The zero-order valence-electron chi connectivity index (χ0n) is 12.4. The number of aryl methyl sites for hydroxylation is 2. The molecular weight excluding hydrogens is 278 g/mol. The van der Waals surface area contributed by atoms with E-state index in [1.807, 2.05) is 18.4 Å². The zero-order valence-corrected chi connectivity index (χ0v) is 13.2. The highest BCUT2D eigenvalue weighted by atomic mass is 32.1. The van der Waals surface area contributed by atoms with Gasteiger partial charge < -0.3 is 10.1 Å². The molecule has 2 aromatic rings. The Balaban J connectivity index is 1.61. The van der Waals surface area contributed by atoms with Gasteiger partial charge in [0.2, 0.25) is 0 Å². The van der Waals surface area contributed by atoms with Gasteiger partial charge in [-0.1, -0.05) is 12.1 Å². The molecule has 2 aliphatic carbocycles. The molecule has 1 N–H and O–H groups in total. The smallest absolute Gasteiger partial charge is 0.120 e. The Labute approximate surface area is 130 Å². The SMILES string of the molecule is CNC(c1cccc(OC2CC2)c1)c1cc2c(s1)CCC2. The molecule has 1 aromatic heterocycles. The molecule has 110 valence electrons. The van der Waals surface area contributed by atoms with Crippen molar-refractivity contribution in [3.8, 4) is 5.75 Å². The van der Waals surface area contributed by atoms with E-state index < -0.39 is 0 Å². The third-order valence-corrected chi connectivity index (χ3v) is 5.66. The number of rotatable bonds is 5. The second kappa shape index (κ2) is 5.47. The highest BCUT2D eigenvalue weighted by molar-refractivity contribution is 7.12. The van der Waals surface area contributed by atoms with E-state index in [1.54, 1.807) is 10.4 Å². The Kier molecular flexibility index (Phi) is 3.48. The lowest BCUT2D eigenvalue weighted by Gasteiger charge is -2.16. The summed E-state index contributed by atoms with van der Waals surface area (Å²) in [5.41, 5.74) is 2.87. The van der Waals surface area contributed by atoms with Crippen molar-refractivity contribution in [1.82, 2.24) is 5.32 Å². The highest BCUT2D eigenvalue weighted by Crippen LogP contribution is 2.37. The normalized spacial score (nSPS) is 18.5. The molecule has 0 amide bonds. The summed E-state index contributed by atoms with van der Waals surface area (Å²) >= 11 is 1.98. The number of thiophene rings is 1. The number of hydrogen-bond acceptors (Lipinski definition) is 3. The van der Waals surface area contributed by atoms with E-state index >= 15 is 0 Å². The van der Waals surface area contributed by atoms with Crippen LogP contribution in [0.5, 0.6) is 5.75 Å². The number of nitrogens with one attached hydrogen (secondary N) is 1. The lowest BCUT2D eigenvalue weighted by Crippen LogP contribution is -2.16. The van der Waals surface area contributed by atoms with E-state index in [-0.39, 0.29) is 6.04 Å². The van der Waals surface area contributed by atoms with Crippen LogP contribution in [-0.2, 0) is 12.8 Å². The van der Waals surface area contributed by atoms with E-state index in [2.05, 4.69) is 35.6 Å². The summed E-state index contributed by atoms with van der Waals surface area (Å²) in [6.07, 6.45) is 6.72. The summed E-state index contributed by atoms with van der Waals surface area (Å²) in [6.45, 7) is 0. The van der Waals surface area contributed by atoms with Crippen LogP contribution in [0.2, 0.25) is 0 Å². The molecule has 0 radical (unpaired) electrons. The van der Waals surface area contributed by atoms with Crippen molar-refractivity contribution in [3.63, 3.8) is 0 Å². The predicted molar refractivity (Wildman–Crippen MR) is 87.3 cm³/mol. The summed E-state index contributed by atoms with van der Waals surface area (Å²) in [5, 5.41) is 3.47. The van der Waals surface area contributed by atoms with Crippen molar-refractivity contribution in [1.29, 1.82) is 0 Å². The lowest BCUT2D eigenvalue weighted by atomic mass is 10.0. The molecule has 21 heavy (non-hydrogen) atoms. The van der Waals surface area contributed by atoms with Crippen LogP contribution in [0.4, 0.5) is 0 Å². The molecule has 1 saturated carbocycles. The minimum Gasteiger partial charge on any atom is -0.490 e. The lowest BCUT2D eigenvalue weighted by molar-refractivity contribution is 0.302. The molecule has 2 nitrogen and oxygen atoms in total. The van der Waals surface area contributed by atoms with Gasteiger partial charge in [-0.3, -0.25) is 0 Å². The minimum absolute atomic E-state index is 0.281. The molecule has 0 aliphatic heterocycles. The van der Waals surface area contributed by atoms with Gasteiger partial charge in [0.25, 0.3) is 0 Å². The van der Waals surface area contributed by atoms with Gasteiger partial charge in [-0.15, -0.1) is 11.3 Å². The highest BCUT2D eigenvalue weighted by Gasteiger charge is 2.24. The fourth-order valence-corrected chi connectivity index (χ4v) is 4.51. The molecule has 0 saturated heterocycles. The standard InChI is InChI=1S/C18H21NOS/c1-19-18(17-11-12-4-3-7-16(12)21-17)13-5-2-6-15(10-13)20-14-8-9-14/h2,5-6,10-11,14,18-19H,3-4,7-9H2,1H3. The van der Waals surface area contributed by atoms with Crippen LogP contribution in [0.3, 0.4) is 0 Å². The monoisotopic (exact) mass is 299 g/mol. The van der Waals surface area contributed by atoms with Crippen LogP contribution in [0.1, 0.15) is 46.2 Å². The topological polar surface area (TPSA) is 21.3 Å². The van der Waals surface area contributed by atoms with Gasteiger partial charge in [0.15, 0.2) is 0 Å². The van der Waals surface area contributed by atoms with Crippen LogP contribution in [-0.4, -0.2) is 13.2 Å². The van der Waals surface area contributed by atoms with Crippen molar-refractivity contribution in [2.75, 3.05) is 7.05 Å². The Hall–Kier alpha value is -1.32. The molecule has 0 spiro atoms. The Bertz CT molecular complexity index is 623. The molecule has 4 rings (SSSR count). The molecular formula is C18H21NOS. The second-order valence-electron chi connectivity index (χ2n) is 6.06. The minimum atomic E-state index is 0.281. The quantitative estimate of drug-likeness (QED) is 0.898. The van der Waals surface area contributed by atoms with Crippen molar-refractivity contribution in [2.24, 2.45) is 0 Å². The molecule has 1 heterocycles. The molecule has 1 aromatic carbocycles. The first-order chi connectivity index (χ1) is 10.3. The number of fused-ring (bicyclic) bond motifs is 1. The molecule has 1 atom stereocenters. The Morgan fingerprint density at radius 3 is 2.90 bits per heavy atom. The maximum Gasteiger partial charge on any atom is 0.120 e. The van der Waals surface area contributed by atoms with Gasteiger partial charge in [-0.05, 0) is 68.5 Å². The average Bonchev–Trinajstić information content (AvgIpc) is 3.04. The van der Waals surface area contributed by atoms with Crippen LogP contribution in [0.25, 0.3) is 0 Å². The number of ether oxygens (including phenoxy) is 1. The van der Waals surface area contributed by atoms with Crippen LogP contribution in [0, 0.1) is 0 Å². The van der Waals surface area contributed by atoms with Gasteiger partial charge in [-0.2, -0.15) is 0 Å². The summed E-state index contributed by atoms with van der Waals surface area (Å²) in [4.78, 5) is 3.03. The van der Waals surface area contributed by atoms with E-state index in [0.29, 0.717) is 6.10 Å². The zero-order chi connectivity index (χ0) is 14.2. The molecule has 0 bridgehead atoms. The second-order valence-corrected chi connectivity index (χ2v) is 7.23. The van der Waals surface area contributed by atoms with Gasteiger partial charge in [0, 0.05) is 9.75 Å². The van der Waals surface area contributed by atoms with Gasteiger partial charge in [0.1, 0.15) is 5.75 Å². The maximum absolute atomic E-state index is 5.93. The van der Waals surface area contributed by atoms with Gasteiger partial charge >= 0.3 is 0 Å². The van der Waals surface area contributed by atoms with E-state index in [9.17, 15) is 0 Å². The first kappa shape index (κ1) is 13.4. The van der Waals surface area contributed by atoms with Crippen LogP contribution >= 0.6 is 11.3 Å². The van der Waals surface area contributed by atoms with Crippen molar-refractivity contribution in [2.45, 2.75) is 44.2 Å². The third-order valence-electron chi connectivity index (χ3n) is 4.36. The average molecular weight is 299 g/mol. The van der Waals surface area contributed by atoms with E-state index in [1.165, 1.54) is 42.5 Å². The van der Waals surface area contributed by atoms with Crippen molar-refractivity contribution < 1.29 is 4.74 Å². The summed E-state index contributed by atoms with van der Waals surface area (Å²) < 4.78 is 5.93. The third kappa shape index (κ3) is 2.72. The van der Waals surface area contributed by atoms with Crippen LogP contribution < -0.4 is 10.1 Å². The summed E-state index contributed by atoms with van der Waals surface area (Å²) in [7, 11) is 2.05. The van der Waals surface area contributed by atoms with Crippen LogP contribution in [0.15, 0.2) is 30.3 Å². The number of hydrogen-bond donors (Lipinski definition) is 1. The summed E-state index contributed by atoms with van der Waals surface area (Å²) in [5.74, 6) is 1.01. The van der Waals surface area contributed by atoms with E-state index in [4.69, 9.17) is 4.74 Å². The molecule has 3 heteroatoms. The van der Waals surface area contributed by atoms with Gasteiger partial charge in [0.05, 0.1) is 12.1 Å².